The summed E-state index contributed by atoms with van der Waals surface area (Å²) in [5, 5.41) is 0. The fourth-order valence-electron chi connectivity index (χ4n) is 0.581. The van der Waals surface area contributed by atoms with Gasteiger partial charge in [0.1, 0.15) is 0 Å². The largest absolute Gasteiger partial charge is 0.379 e. The molecule has 0 fully saturated rings. The third-order valence-electron chi connectivity index (χ3n) is 1.03. The minimum Gasteiger partial charge on any atom is -0.379 e. The molecule has 10 heavy (non-hydrogen) atoms. The molecule has 0 heterocycles. The Morgan fingerprint density at radius 3 is 2.50 bits per heavy atom. The molecule has 0 rings (SSSR count). The SMILES string of the molecule is CC(C)OCCCS(C)=O. The Morgan fingerprint density at radius 1 is 1.50 bits per heavy atom. The van der Waals surface area contributed by atoms with Gasteiger partial charge in [0, 0.05) is 29.4 Å². The van der Waals surface area contributed by atoms with Crippen molar-refractivity contribution in [3.63, 3.8) is 0 Å². The van der Waals surface area contributed by atoms with Crippen molar-refractivity contribution in [2.75, 3.05) is 18.6 Å². The third-order valence-corrected chi connectivity index (χ3v) is 1.89. The second kappa shape index (κ2) is 5.86. The van der Waals surface area contributed by atoms with E-state index in [1.807, 2.05) is 13.8 Å². The van der Waals surface area contributed by atoms with Gasteiger partial charge in [0.25, 0.3) is 0 Å². The van der Waals surface area contributed by atoms with E-state index in [2.05, 4.69) is 0 Å². The number of hydrogen-bond donors (Lipinski definition) is 0. The molecule has 0 N–H and O–H groups in total. The van der Waals surface area contributed by atoms with Crippen LogP contribution in [0.4, 0.5) is 0 Å². The summed E-state index contributed by atoms with van der Waals surface area (Å²) in [5.74, 6) is 0.757. The first-order chi connectivity index (χ1) is 4.63. The van der Waals surface area contributed by atoms with Crippen LogP contribution in [0.3, 0.4) is 0 Å². The molecule has 0 bridgehead atoms. The van der Waals surface area contributed by atoms with Gasteiger partial charge in [-0.05, 0) is 20.3 Å². The molecular weight excluding hydrogens is 148 g/mol. The van der Waals surface area contributed by atoms with Gasteiger partial charge in [0.05, 0.1) is 6.10 Å². The van der Waals surface area contributed by atoms with Crippen LogP contribution in [0.1, 0.15) is 20.3 Å². The molecule has 0 saturated heterocycles. The van der Waals surface area contributed by atoms with E-state index in [9.17, 15) is 4.21 Å². The molecular formula is C7H16O2S. The van der Waals surface area contributed by atoms with E-state index < -0.39 is 10.8 Å². The van der Waals surface area contributed by atoms with Gasteiger partial charge in [0.2, 0.25) is 0 Å². The summed E-state index contributed by atoms with van der Waals surface area (Å²) < 4.78 is 15.8. The number of hydrogen-bond acceptors (Lipinski definition) is 2. The minimum absolute atomic E-state index is 0.297. The second-order valence-corrected chi connectivity index (χ2v) is 4.11. The summed E-state index contributed by atoms with van der Waals surface area (Å²) in [6, 6.07) is 0. The molecule has 0 amide bonds. The summed E-state index contributed by atoms with van der Waals surface area (Å²) in [6.07, 6.45) is 2.92. The first-order valence-corrected chi connectivity index (χ1v) is 5.27. The van der Waals surface area contributed by atoms with Crippen molar-refractivity contribution in [1.29, 1.82) is 0 Å². The molecule has 2 nitrogen and oxygen atoms in total. The molecule has 0 aliphatic heterocycles. The Balaban J connectivity index is 2.98. The van der Waals surface area contributed by atoms with Crippen LogP contribution in [0.2, 0.25) is 0 Å². The van der Waals surface area contributed by atoms with Gasteiger partial charge in [-0.2, -0.15) is 0 Å². The zero-order valence-electron chi connectivity index (χ0n) is 6.92. The van der Waals surface area contributed by atoms with Crippen LogP contribution in [0.15, 0.2) is 0 Å². The maximum Gasteiger partial charge on any atom is 0.0518 e. The molecule has 0 aliphatic rings. The van der Waals surface area contributed by atoms with Gasteiger partial charge in [-0.1, -0.05) is 0 Å². The molecule has 0 radical (unpaired) electrons. The van der Waals surface area contributed by atoms with Crippen LogP contribution in [-0.2, 0) is 15.5 Å². The lowest BCUT2D eigenvalue weighted by molar-refractivity contribution is 0.0798. The van der Waals surface area contributed by atoms with Crippen molar-refractivity contribution < 1.29 is 8.95 Å². The van der Waals surface area contributed by atoms with Crippen LogP contribution >= 0.6 is 0 Å². The van der Waals surface area contributed by atoms with E-state index in [0.29, 0.717) is 6.10 Å². The highest BCUT2D eigenvalue weighted by molar-refractivity contribution is 7.84. The van der Waals surface area contributed by atoms with Crippen LogP contribution in [0, 0.1) is 0 Å². The first kappa shape index (κ1) is 10.1. The van der Waals surface area contributed by atoms with Crippen molar-refractivity contribution in [1.82, 2.24) is 0 Å². The maximum atomic E-state index is 10.5. The fraction of sp³-hybridized carbons (Fsp3) is 1.00. The average Bonchev–Trinajstić information content (AvgIpc) is 1.79. The third kappa shape index (κ3) is 8.11. The van der Waals surface area contributed by atoms with E-state index in [1.165, 1.54) is 0 Å². The van der Waals surface area contributed by atoms with Gasteiger partial charge in [0.15, 0.2) is 0 Å². The van der Waals surface area contributed by atoms with Crippen LogP contribution in [0.5, 0.6) is 0 Å². The highest BCUT2D eigenvalue weighted by atomic mass is 32.2. The van der Waals surface area contributed by atoms with E-state index in [4.69, 9.17) is 4.74 Å². The normalized spacial score (nSPS) is 14.0. The van der Waals surface area contributed by atoms with Gasteiger partial charge in [-0.25, -0.2) is 0 Å². The Hall–Kier alpha value is 0.110. The molecule has 62 valence electrons. The van der Waals surface area contributed by atoms with Crippen LogP contribution in [-0.4, -0.2) is 28.9 Å². The van der Waals surface area contributed by atoms with Crippen LogP contribution in [0.25, 0.3) is 0 Å². The Morgan fingerprint density at radius 2 is 2.10 bits per heavy atom. The lowest BCUT2D eigenvalue weighted by Crippen LogP contribution is -2.06. The van der Waals surface area contributed by atoms with Crippen molar-refractivity contribution in [3.05, 3.63) is 0 Å². The van der Waals surface area contributed by atoms with Crippen molar-refractivity contribution in [2.45, 2.75) is 26.4 Å². The molecule has 0 aromatic heterocycles. The van der Waals surface area contributed by atoms with Gasteiger partial charge in [-0.3, -0.25) is 4.21 Å². The lowest BCUT2D eigenvalue weighted by Gasteiger charge is -2.05. The van der Waals surface area contributed by atoms with Gasteiger partial charge in [-0.15, -0.1) is 0 Å². The Labute approximate surface area is 65.4 Å². The molecule has 0 aromatic carbocycles. The minimum atomic E-state index is -0.660. The van der Waals surface area contributed by atoms with E-state index in [0.717, 1.165) is 18.8 Å². The van der Waals surface area contributed by atoms with Crippen LogP contribution < -0.4 is 0 Å². The Bertz CT molecular complexity index is 102. The first-order valence-electron chi connectivity index (χ1n) is 3.54. The van der Waals surface area contributed by atoms with Crippen molar-refractivity contribution in [3.8, 4) is 0 Å². The smallest absolute Gasteiger partial charge is 0.0518 e. The van der Waals surface area contributed by atoms with E-state index >= 15 is 0 Å². The summed E-state index contributed by atoms with van der Waals surface area (Å²) >= 11 is 0. The monoisotopic (exact) mass is 164 g/mol. The highest BCUT2D eigenvalue weighted by Crippen LogP contribution is 1.91. The number of ether oxygens (including phenoxy) is 1. The van der Waals surface area contributed by atoms with Crippen molar-refractivity contribution in [2.24, 2.45) is 0 Å². The summed E-state index contributed by atoms with van der Waals surface area (Å²) in [4.78, 5) is 0. The standard InChI is InChI=1S/C7H16O2S/c1-7(2)9-5-4-6-10(3)8/h7H,4-6H2,1-3H3. The molecule has 0 aliphatic carbocycles. The summed E-state index contributed by atoms with van der Waals surface area (Å²) in [6.45, 7) is 4.74. The van der Waals surface area contributed by atoms with Gasteiger partial charge < -0.3 is 4.74 Å². The van der Waals surface area contributed by atoms with E-state index in [-0.39, 0.29) is 0 Å². The zero-order chi connectivity index (χ0) is 7.98. The molecule has 0 spiro atoms. The summed E-state index contributed by atoms with van der Waals surface area (Å²) in [7, 11) is -0.660. The number of rotatable bonds is 5. The highest BCUT2D eigenvalue weighted by Gasteiger charge is 1.94. The topological polar surface area (TPSA) is 26.3 Å². The lowest BCUT2D eigenvalue weighted by atomic mass is 10.4. The molecule has 1 atom stereocenters. The quantitative estimate of drug-likeness (QED) is 0.570. The van der Waals surface area contributed by atoms with Gasteiger partial charge >= 0.3 is 0 Å². The maximum absolute atomic E-state index is 10.5. The second-order valence-electron chi connectivity index (χ2n) is 2.55. The Kier molecular flexibility index (Phi) is 5.93. The average molecular weight is 164 g/mol. The predicted octanol–water partition coefficient (Wildman–Crippen LogP) is 1.18. The molecule has 0 aromatic rings. The van der Waals surface area contributed by atoms with E-state index in [1.54, 1.807) is 6.26 Å². The fourth-order valence-corrected chi connectivity index (χ4v) is 1.11. The molecule has 3 heteroatoms. The van der Waals surface area contributed by atoms with Crippen molar-refractivity contribution >= 4 is 10.8 Å². The summed E-state index contributed by atoms with van der Waals surface area (Å²) in [5.41, 5.74) is 0. The zero-order valence-corrected chi connectivity index (χ0v) is 7.74. The molecule has 0 saturated carbocycles. The molecule has 1 unspecified atom stereocenters. The predicted molar refractivity (Wildman–Crippen MR) is 44.6 cm³/mol.